The first-order chi connectivity index (χ1) is 6.12. The largest absolute Gasteiger partial charge is 0.523 e. The molecule has 72 valence electrons. The second-order valence-electron chi connectivity index (χ2n) is 2.43. The van der Waals surface area contributed by atoms with Crippen LogP contribution >= 0.6 is 0 Å². The van der Waals surface area contributed by atoms with Crippen molar-refractivity contribution in [1.29, 1.82) is 0 Å². The molecule has 2 N–H and O–H groups in total. The van der Waals surface area contributed by atoms with Gasteiger partial charge in [-0.1, -0.05) is 0 Å². The highest BCUT2D eigenvalue weighted by molar-refractivity contribution is 7.82. The predicted octanol–water partition coefficient (Wildman–Crippen LogP) is -1.55. The molecule has 1 aromatic rings. The molecule has 0 fully saturated rings. The van der Waals surface area contributed by atoms with Gasteiger partial charge in [-0.25, -0.2) is 0 Å². The number of nitrogens with two attached hydrogens (primary N) is 1. The summed E-state index contributed by atoms with van der Waals surface area (Å²) < 4.78 is 31.4. The van der Waals surface area contributed by atoms with Crippen LogP contribution in [0.25, 0.3) is 0 Å². The number of nitrogens with zero attached hydrogens (tertiary/aromatic N) is 2. The quantitative estimate of drug-likeness (QED) is 0.627. The summed E-state index contributed by atoms with van der Waals surface area (Å²) in [6, 6.07) is -0.0801. The van der Waals surface area contributed by atoms with Gasteiger partial charge in [0.1, 0.15) is 0 Å². The molecule has 0 spiro atoms. The third-order valence-electron chi connectivity index (χ3n) is 1.50. The van der Waals surface area contributed by atoms with E-state index < -0.39 is 10.4 Å². The summed E-state index contributed by atoms with van der Waals surface area (Å²) in [5.74, 6) is 0. The monoisotopic (exact) mass is 205 g/mol. The maximum absolute atomic E-state index is 10.8. The van der Waals surface area contributed by atoms with E-state index in [2.05, 4.69) is 13.5 Å². The summed E-state index contributed by atoms with van der Waals surface area (Å²) in [5, 5.41) is 0. The highest BCUT2D eigenvalue weighted by atomic mass is 32.3. The summed E-state index contributed by atoms with van der Waals surface area (Å²) in [6.45, 7) is 0.383. The van der Waals surface area contributed by atoms with Crippen molar-refractivity contribution in [2.45, 2.75) is 6.42 Å². The van der Waals surface area contributed by atoms with E-state index in [-0.39, 0.29) is 6.01 Å². The maximum Gasteiger partial charge on any atom is 0.523 e. The summed E-state index contributed by atoms with van der Waals surface area (Å²) in [6.07, 6.45) is 1.93. The molecule has 0 atom stereocenters. The Bertz CT molecular complexity index is 423. The molecule has 2 rings (SSSR count). The standard InChI is InChI=1S/C5H7N3O4S/c6-2-1-4-3-7-5-8(4)12-13(9,10)11-5/h3H,1-2,6H2. The third kappa shape index (κ3) is 1.33. The van der Waals surface area contributed by atoms with Crippen LogP contribution in [0.5, 0.6) is 6.01 Å². The van der Waals surface area contributed by atoms with Gasteiger partial charge in [0.2, 0.25) is 0 Å². The van der Waals surface area contributed by atoms with E-state index in [1.54, 1.807) is 0 Å². The van der Waals surface area contributed by atoms with E-state index in [0.29, 0.717) is 18.7 Å². The number of hydrogen-bond acceptors (Lipinski definition) is 6. The minimum Gasteiger partial charge on any atom is -0.330 e. The lowest BCUT2D eigenvalue weighted by Gasteiger charge is -1.97. The van der Waals surface area contributed by atoms with E-state index in [0.717, 1.165) is 4.73 Å². The average molecular weight is 205 g/mol. The van der Waals surface area contributed by atoms with E-state index in [9.17, 15) is 8.42 Å². The minimum absolute atomic E-state index is 0.0801. The molecule has 2 heterocycles. The SMILES string of the molecule is NCCc1cnc2n1OS(=O)(=O)O2. The van der Waals surface area contributed by atoms with Crippen LogP contribution in [0.3, 0.4) is 0 Å². The molecular weight excluding hydrogens is 198 g/mol. The van der Waals surface area contributed by atoms with Gasteiger partial charge in [-0.05, 0) is 6.54 Å². The molecule has 13 heavy (non-hydrogen) atoms. The smallest absolute Gasteiger partial charge is 0.330 e. The van der Waals surface area contributed by atoms with Crippen molar-refractivity contribution >= 4 is 10.4 Å². The van der Waals surface area contributed by atoms with Crippen molar-refractivity contribution in [3.63, 3.8) is 0 Å². The van der Waals surface area contributed by atoms with Crippen LogP contribution in [0.4, 0.5) is 0 Å². The van der Waals surface area contributed by atoms with E-state index in [1.807, 2.05) is 0 Å². The Hall–Kier alpha value is -1.28. The molecule has 0 saturated carbocycles. The molecule has 0 aromatic carbocycles. The molecule has 0 radical (unpaired) electrons. The summed E-state index contributed by atoms with van der Waals surface area (Å²) in [7, 11) is -3.94. The Balaban J connectivity index is 2.37. The molecule has 7 nitrogen and oxygen atoms in total. The van der Waals surface area contributed by atoms with Gasteiger partial charge in [-0.15, -0.1) is 13.1 Å². The van der Waals surface area contributed by atoms with Crippen molar-refractivity contribution in [1.82, 2.24) is 9.71 Å². The van der Waals surface area contributed by atoms with Crippen molar-refractivity contribution in [3.8, 4) is 6.01 Å². The van der Waals surface area contributed by atoms with Gasteiger partial charge in [0.15, 0.2) is 0 Å². The van der Waals surface area contributed by atoms with Gasteiger partial charge in [0.05, 0.1) is 11.9 Å². The average Bonchev–Trinajstić information content (AvgIpc) is 2.48. The zero-order valence-corrected chi connectivity index (χ0v) is 7.32. The molecule has 0 aliphatic carbocycles. The zero-order chi connectivity index (χ0) is 9.47. The Labute approximate surface area is 74.4 Å². The number of aromatic nitrogens is 2. The fourth-order valence-corrected chi connectivity index (χ4v) is 1.67. The first kappa shape index (κ1) is 8.32. The summed E-state index contributed by atoms with van der Waals surface area (Å²) in [5.41, 5.74) is 5.86. The number of rotatable bonds is 2. The topological polar surface area (TPSA) is 96.4 Å². The highest BCUT2D eigenvalue weighted by Crippen LogP contribution is 2.19. The van der Waals surface area contributed by atoms with E-state index in [4.69, 9.17) is 5.73 Å². The molecule has 8 heteroatoms. The van der Waals surface area contributed by atoms with Crippen LogP contribution in [0.1, 0.15) is 5.69 Å². The first-order valence-corrected chi connectivity index (χ1v) is 4.87. The van der Waals surface area contributed by atoms with E-state index in [1.165, 1.54) is 6.20 Å². The molecular formula is C5H7N3O4S. The minimum atomic E-state index is -3.94. The third-order valence-corrected chi connectivity index (χ3v) is 2.19. The van der Waals surface area contributed by atoms with Gasteiger partial charge in [-0.3, -0.25) is 4.28 Å². The van der Waals surface area contributed by atoms with Gasteiger partial charge in [0, 0.05) is 6.42 Å². The second-order valence-corrected chi connectivity index (χ2v) is 3.56. The second kappa shape index (κ2) is 2.60. The zero-order valence-electron chi connectivity index (χ0n) is 6.50. The lowest BCUT2D eigenvalue weighted by atomic mass is 10.3. The summed E-state index contributed by atoms with van der Waals surface area (Å²) in [4.78, 5) is 3.69. The van der Waals surface area contributed by atoms with Crippen molar-refractivity contribution in [2.75, 3.05) is 6.54 Å². The number of fused-ring (bicyclic) bond motifs is 1. The van der Waals surface area contributed by atoms with E-state index >= 15 is 0 Å². The molecule has 0 unspecified atom stereocenters. The predicted molar refractivity (Wildman–Crippen MR) is 41.1 cm³/mol. The molecule has 1 aliphatic heterocycles. The van der Waals surface area contributed by atoms with Crippen molar-refractivity contribution < 1.29 is 16.9 Å². The Morgan fingerprint density at radius 2 is 2.38 bits per heavy atom. The van der Waals surface area contributed by atoms with Crippen LogP contribution in [0.15, 0.2) is 6.20 Å². The van der Waals surface area contributed by atoms with Crippen molar-refractivity contribution in [3.05, 3.63) is 11.9 Å². The molecule has 0 saturated heterocycles. The lowest BCUT2D eigenvalue weighted by Crippen LogP contribution is -2.17. The van der Waals surface area contributed by atoms with Crippen LogP contribution in [-0.2, 0) is 16.8 Å². The Morgan fingerprint density at radius 3 is 3.08 bits per heavy atom. The van der Waals surface area contributed by atoms with Gasteiger partial charge in [-0.2, -0.15) is 4.98 Å². The molecule has 1 aliphatic rings. The molecule has 0 bridgehead atoms. The van der Waals surface area contributed by atoms with Crippen LogP contribution in [0.2, 0.25) is 0 Å². The number of imidazole rings is 1. The highest BCUT2D eigenvalue weighted by Gasteiger charge is 2.31. The van der Waals surface area contributed by atoms with Crippen molar-refractivity contribution in [2.24, 2.45) is 5.73 Å². The lowest BCUT2D eigenvalue weighted by molar-refractivity contribution is 0.289. The van der Waals surface area contributed by atoms with Gasteiger partial charge < -0.3 is 9.92 Å². The normalized spacial score (nSPS) is 17.6. The van der Waals surface area contributed by atoms with Crippen LogP contribution in [-0.4, -0.2) is 24.7 Å². The van der Waals surface area contributed by atoms with Gasteiger partial charge in [0.25, 0.3) is 0 Å². The molecule has 1 aromatic heterocycles. The Morgan fingerprint density at radius 1 is 1.62 bits per heavy atom. The summed E-state index contributed by atoms with van der Waals surface area (Å²) >= 11 is 0. The molecule has 0 amide bonds. The number of hydrogen-bond donors (Lipinski definition) is 1. The van der Waals surface area contributed by atoms with Crippen LogP contribution in [0, 0.1) is 0 Å². The fourth-order valence-electron chi connectivity index (χ4n) is 1.00. The van der Waals surface area contributed by atoms with Crippen LogP contribution < -0.4 is 14.2 Å². The first-order valence-electron chi connectivity index (χ1n) is 3.53. The Kier molecular flexibility index (Phi) is 1.67. The maximum atomic E-state index is 10.8. The fraction of sp³-hybridized carbons (Fsp3) is 0.400. The van der Waals surface area contributed by atoms with Gasteiger partial charge >= 0.3 is 16.4 Å².